The van der Waals surface area contributed by atoms with Gasteiger partial charge in [0, 0.05) is 25.5 Å². The van der Waals surface area contributed by atoms with E-state index in [0.29, 0.717) is 0 Å². The largest absolute Gasteiger partial charge is 0.353 e. The molecule has 0 bridgehead atoms. The molecule has 1 atom stereocenters. The van der Waals surface area contributed by atoms with Crippen LogP contribution < -0.4 is 0 Å². The average Bonchev–Trinajstić information content (AvgIpc) is 3.00. The van der Waals surface area contributed by atoms with Crippen molar-refractivity contribution >= 4 is 33.2 Å². The highest BCUT2D eigenvalue weighted by molar-refractivity contribution is 9.11. The summed E-state index contributed by atoms with van der Waals surface area (Å²) in [6, 6.07) is 8.27. The number of carbonyl (C=O) groups is 1. The van der Waals surface area contributed by atoms with Crippen LogP contribution in [0.5, 0.6) is 0 Å². The minimum atomic E-state index is 0.166. The molecule has 1 amide bonds. The SMILES string of the molecule is Cn1cccc1C1CCCCCN1C(=O)c1ccc(Br)s1. The Balaban J connectivity index is 1.92. The quantitative estimate of drug-likeness (QED) is 0.761. The molecule has 0 radical (unpaired) electrons. The Morgan fingerprint density at radius 2 is 2.14 bits per heavy atom. The highest BCUT2D eigenvalue weighted by Crippen LogP contribution is 2.33. The minimum absolute atomic E-state index is 0.166. The fraction of sp³-hybridized carbons (Fsp3) is 0.438. The zero-order chi connectivity index (χ0) is 14.8. The second kappa shape index (κ2) is 6.36. The number of aromatic nitrogens is 1. The summed E-state index contributed by atoms with van der Waals surface area (Å²) in [7, 11) is 2.06. The first-order valence-corrected chi connectivity index (χ1v) is 8.95. The van der Waals surface area contributed by atoms with Crippen molar-refractivity contribution in [2.75, 3.05) is 6.54 Å². The summed E-state index contributed by atoms with van der Waals surface area (Å²) in [5, 5.41) is 0. The number of nitrogens with zero attached hydrogens (tertiary/aromatic N) is 2. The molecule has 1 aliphatic heterocycles. The van der Waals surface area contributed by atoms with E-state index in [9.17, 15) is 4.79 Å². The number of thiophene rings is 1. The molecule has 0 aromatic carbocycles. The molecule has 3 nitrogen and oxygen atoms in total. The van der Waals surface area contributed by atoms with Crippen LogP contribution in [0.3, 0.4) is 0 Å². The van der Waals surface area contributed by atoms with E-state index in [-0.39, 0.29) is 11.9 Å². The molecule has 0 saturated carbocycles. The van der Waals surface area contributed by atoms with Gasteiger partial charge in [-0.25, -0.2) is 0 Å². The van der Waals surface area contributed by atoms with Crippen LogP contribution in [0, 0.1) is 0 Å². The Morgan fingerprint density at radius 3 is 2.81 bits per heavy atom. The third-order valence-electron chi connectivity index (χ3n) is 4.12. The summed E-state index contributed by atoms with van der Waals surface area (Å²) in [6.45, 7) is 0.851. The Hall–Kier alpha value is -1.07. The molecule has 3 rings (SSSR count). The Bertz CT molecular complexity index is 634. The van der Waals surface area contributed by atoms with E-state index >= 15 is 0 Å². The van der Waals surface area contributed by atoms with E-state index in [2.05, 4.69) is 50.8 Å². The number of aryl methyl sites for hydroxylation is 1. The minimum Gasteiger partial charge on any atom is -0.353 e. The topological polar surface area (TPSA) is 25.2 Å². The van der Waals surface area contributed by atoms with Crippen molar-refractivity contribution < 1.29 is 4.79 Å². The van der Waals surface area contributed by atoms with Gasteiger partial charge in [0.05, 0.1) is 14.7 Å². The maximum absolute atomic E-state index is 12.9. The fourth-order valence-corrected chi connectivity index (χ4v) is 4.39. The summed E-state index contributed by atoms with van der Waals surface area (Å²) in [4.78, 5) is 15.8. The molecule has 2 aromatic heterocycles. The van der Waals surface area contributed by atoms with Crippen LogP contribution in [-0.4, -0.2) is 21.9 Å². The molecule has 1 unspecified atom stereocenters. The van der Waals surface area contributed by atoms with Gasteiger partial charge >= 0.3 is 0 Å². The molecule has 0 spiro atoms. The first-order valence-electron chi connectivity index (χ1n) is 7.34. The van der Waals surface area contributed by atoms with Gasteiger partial charge in [0.15, 0.2) is 0 Å². The summed E-state index contributed by atoms with van der Waals surface area (Å²) < 4.78 is 3.15. The van der Waals surface area contributed by atoms with E-state index in [0.717, 1.165) is 28.0 Å². The van der Waals surface area contributed by atoms with Gasteiger partial charge in [-0.15, -0.1) is 11.3 Å². The first-order chi connectivity index (χ1) is 10.2. The molecular formula is C16H19BrN2OS. The molecule has 5 heteroatoms. The van der Waals surface area contributed by atoms with Gasteiger partial charge < -0.3 is 9.47 Å². The van der Waals surface area contributed by atoms with E-state index in [1.807, 2.05) is 12.1 Å². The number of halogens is 1. The second-order valence-corrected chi connectivity index (χ2v) is 7.97. The summed E-state index contributed by atoms with van der Waals surface area (Å²) >= 11 is 4.97. The molecule has 3 heterocycles. The number of likely N-dealkylation sites (tertiary alicyclic amines) is 1. The summed E-state index contributed by atoms with van der Waals surface area (Å²) in [5.41, 5.74) is 1.24. The lowest BCUT2D eigenvalue weighted by Gasteiger charge is -2.30. The molecule has 1 saturated heterocycles. The lowest BCUT2D eigenvalue weighted by Crippen LogP contribution is -2.35. The van der Waals surface area contributed by atoms with Crippen LogP contribution in [0.25, 0.3) is 0 Å². The van der Waals surface area contributed by atoms with Crippen LogP contribution in [0.1, 0.15) is 47.1 Å². The molecule has 2 aromatic rings. The summed E-state index contributed by atoms with van der Waals surface area (Å²) in [5.74, 6) is 0.166. The third kappa shape index (κ3) is 3.09. The maximum atomic E-state index is 12.9. The monoisotopic (exact) mass is 366 g/mol. The van der Waals surface area contributed by atoms with Gasteiger partial charge in [-0.1, -0.05) is 12.8 Å². The standard InChI is InChI=1S/C16H19BrN2OS/c1-18-10-5-7-12(18)13-6-3-2-4-11-19(13)16(20)14-8-9-15(17)21-14/h5,7-10,13H,2-4,6,11H2,1H3. The second-order valence-electron chi connectivity index (χ2n) is 5.51. The molecule has 1 aliphatic rings. The summed E-state index contributed by atoms with van der Waals surface area (Å²) in [6.07, 6.45) is 6.60. The maximum Gasteiger partial charge on any atom is 0.264 e. The van der Waals surface area contributed by atoms with Gasteiger partial charge in [0.1, 0.15) is 0 Å². The van der Waals surface area contributed by atoms with Crippen LogP contribution in [-0.2, 0) is 7.05 Å². The lowest BCUT2D eigenvalue weighted by atomic mass is 10.1. The van der Waals surface area contributed by atoms with Crippen molar-refractivity contribution in [1.29, 1.82) is 0 Å². The van der Waals surface area contributed by atoms with Gasteiger partial charge in [-0.2, -0.15) is 0 Å². The van der Waals surface area contributed by atoms with Crippen LogP contribution in [0.4, 0.5) is 0 Å². The zero-order valence-electron chi connectivity index (χ0n) is 12.1. The Labute approximate surface area is 137 Å². The highest BCUT2D eigenvalue weighted by Gasteiger charge is 2.29. The number of rotatable bonds is 2. The Kier molecular flexibility index (Phi) is 4.50. The zero-order valence-corrected chi connectivity index (χ0v) is 14.5. The van der Waals surface area contributed by atoms with Gasteiger partial charge in [0.2, 0.25) is 0 Å². The number of hydrogen-bond acceptors (Lipinski definition) is 2. The fourth-order valence-electron chi connectivity index (χ4n) is 3.05. The first kappa shape index (κ1) is 14.9. The predicted octanol–water partition coefficient (Wildman–Crippen LogP) is 4.61. The molecule has 0 aliphatic carbocycles. The lowest BCUT2D eigenvalue weighted by molar-refractivity contribution is 0.0679. The van der Waals surface area contributed by atoms with Crippen LogP contribution in [0.2, 0.25) is 0 Å². The van der Waals surface area contributed by atoms with E-state index in [1.165, 1.54) is 29.9 Å². The predicted molar refractivity (Wildman–Crippen MR) is 89.7 cm³/mol. The van der Waals surface area contributed by atoms with E-state index in [1.54, 1.807) is 0 Å². The van der Waals surface area contributed by atoms with Crippen molar-refractivity contribution in [2.45, 2.75) is 31.7 Å². The average molecular weight is 367 g/mol. The van der Waals surface area contributed by atoms with Gasteiger partial charge in [0.25, 0.3) is 5.91 Å². The van der Waals surface area contributed by atoms with E-state index in [4.69, 9.17) is 0 Å². The molecule has 1 fully saturated rings. The molecular weight excluding hydrogens is 348 g/mol. The van der Waals surface area contributed by atoms with Gasteiger partial charge in [-0.3, -0.25) is 4.79 Å². The van der Waals surface area contributed by atoms with Crippen LogP contribution in [0.15, 0.2) is 34.2 Å². The highest BCUT2D eigenvalue weighted by atomic mass is 79.9. The van der Waals surface area contributed by atoms with Gasteiger partial charge in [-0.05, 0) is 53.0 Å². The smallest absolute Gasteiger partial charge is 0.264 e. The number of hydrogen-bond donors (Lipinski definition) is 0. The van der Waals surface area contributed by atoms with E-state index < -0.39 is 0 Å². The Morgan fingerprint density at radius 1 is 1.29 bits per heavy atom. The normalized spacial score (nSPS) is 19.5. The van der Waals surface area contributed by atoms with Crippen LogP contribution >= 0.6 is 27.3 Å². The number of carbonyl (C=O) groups excluding carboxylic acids is 1. The molecule has 21 heavy (non-hydrogen) atoms. The molecule has 112 valence electrons. The van der Waals surface area contributed by atoms with Crippen molar-refractivity contribution in [3.8, 4) is 0 Å². The van der Waals surface area contributed by atoms with Crippen molar-refractivity contribution in [3.05, 3.63) is 44.8 Å². The molecule has 0 N–H and O–H groups in total. The van der Waals surface area contributed by atoms with Crippen molar-refractivity contribution in [1.82, 2.24) is 9.47 Å². The third-order valence-corrected chi connectivity index (χ3v) is 5.73. The van der Waals surface area contributed by atoms with Crippen molar-refractivity contribution in [3.63, 3.8) is 0 Å². The van der Waals surface area contributed by atoms with Crippen molar-refractivity contribution in [2.24, 2.45) is 7.05 Å². The number of amides is 1.